The van der Waals surface area contributed by atoms with E-state index in [9.17, 15) is 0 Å². The number of unbranched alkanes of at least 4 members (excludes halogenated alkanes) is 6. The molecule has 0 radical (unpaired) electrons. The number of aromatic nitrogens is 3. The maximum Gasteiger partial charge on any atom is 0.191 e. The van der Waals surface area contributed by atoms with Crippen LogP contribution < -0.4 is 10.6 Å². The summed E-state index contributed by atoms with van der Waals surface area (Å²) >= 11 is 0. The Morgan fingerprint density at radius 1 is 1.18 bits per heavy atom. The topological polar surface area (TPSA) is 76.4 Å². The molecule has 1 aliphatic rings. The van der Waals surface area contributed by atoms with Gasteiger partial charge in [-0.3, -0.25) is 4.99 Å². The standard InChI is InChI=1S/C20H38N6O.HI/c1-4-6-7-8-9-10-11-14-22-20(21-5-2)23-17-12-13-19-24-18(16-27-3)25-26(19)15-17;/h17H,4-16H2,1-3H3,(H2,21,22,23);1H. The van der Waals surface area contributed by atoms with E-state index in [1.54, 1.807) is 7.11 Å². The van der Waals surface area contributed by atoms with Gasteiger partial charge in [-0.15, -0.1) is 24.0 Å². The maximum absolute atomic E-state index is 5.14. The molecule has 0 saturated carbocycles. The SMILES string of the molecule is CCCCCCCCCN=C(NCC)NC1CCc2nc(COC)nn2C1.I. The number of aliphatic imine (C=N–C) groups is 1. The van der Waals surface area contributed by atoms with Crippen LogP contribution in [0.15, 0.2) is 4.99 Å². The fourth-order valence-electron chi connectivity index (χ4n) is 3.44. The highest BCUT2D eigenvalue weighted by molar-refractivity contribution is 14.0. The molecular formula is C20H39IN6O. The quantitative estimate of drug-likeness (QED) is 0.196. The summed E-state index contributed by atoms with van der Waals surface area (Å²) in [4.78, 5) is 9.30. The Morgan fingerprint density at radius 2 is 1.93 bits per heavy atom. The van der Waals surface area contributed by atoms with E-state index >= 15 is 0 Å². The minimum absolute atomic E-state index is 0. The molecule has 0 spiro atoms. The molecule has 0 fully saturated rings. The second kappa shape index (κ2) is 15.0. The summed E-state index contributed by atoms with van der Waals surface area (Å²) in [5.74, 6) is 2.76. The zero-order chi connectivity index (χ0) is 19.3. The van der Waals surface area contributed by atoms with Crippen LogP contribution >= 0.6 is 24.0 Å². The minimum Gasteiger partial charge on any atom is -0.377 e. The van der Waals surface area contributed by atoms with Crippen molar-refractivity contribution in [2.45, 2.75) is 90.8 Å². The highest BCUT2D eigenvalue weighted by Crippen LogP contribution is 2.13. The normalized spacial score (nSPS) is 16.4. The Kier molecular flexibility index (Phi) is 13.5. The monoisotopic (exact) mass is 506 g/mol. The van der Waals surface area contributed by atoms with E-state index < -0.39 is 0 Å². The van der Waals surface area contributed by atoms with Gasteiger partial charge in [0, 0.05) is 32.7 Å². The predicted molar refractivity (Wildman–Crippen MR) is 125 cm³/mol. The molecule has 0 aliphatic carbocycles. The van der Waals surface area contributed by atoms with Crippen LogP contribution in [0.2, 0.25) is 0 Å². The first-order valence-electron chi connectivity index (χ1n) is 10.7. The molecule has 1 atom stereocenters. The molecule has 2 heterocycles. The third-order valence-corrected chi connectivity index (χ3v) is 4.89. The molecule has 0 saturated heterocycles. The Hall–Kier alpha value is -0.900. The zero-order valence-electron chi connectivity index (χ0n) is 17.9. The molecule has 0 amide bonds. The van der Waals surface area contributed by atoms with Crippen LogP contribution in [0.25, 0.3) is 0 Å². The van der Waals surface area contributed by atoms with Crippen LogP contribution in [-0.4, -0.2) is 47.0 Å². The lowest BCUT2D eigenvalue weighted by molar-refractivity contribution is 0.177. The third-order valence-electron chi connectivity index (χ3n) is 4.89. The van der Waals surface area contributed by atoms with Gasteiger partial charge in [0.1, 0.15) is 12.4 Å². The van der Waals surface area contributed by atoms with E-state index in [0.29, 0.717) is 12.6 Å². The lowest BCUT2D eigenvalue weighted by atomic mass is 10.1. The van der Waals surface area contributed by atoms with Crippen molar-refractivity contribution < 1.29 is 4.74 Å². The molecule has 1 aromatic rings. The van der Waals surface area contributed by atoms with Crippen molar-refractivity contribution in [1.29, 1.82) is 0 Å². The van der Waals surface area contributed by atoms with Crippen LogP contribution in [-0.2, 0) is 24.3 Å². The van der Waals surface area contributed by atoms with Gasteiger partial charge in [-0.2, -0.15) is 5.10 Å². The number of guanidine groups is 1. The van der Waals surface area contributed by atoms with Crippen molar-refractivity contribution >= 4 is 29.9 Å². The molecule has 1 aromatic heterocycles. The van der Waals surface area contributed by atoms with Crippen molar-refractivity contribution in [3.8, 4) is 0 Å². The molecule has 2 rings (SSSR count). The van der Waals surface area contributed by atoms with Crippen LogP contribution in [0.3, 0.4) is 0 Å². The number of methoxy groups -OCH3 is 1. The van der Waals surface area contributed by atoms with Gasteiger partial charge >= 0.3 is 0 Å². The first-order valence-corrected chi connectivity index (χ1v) is 10.7. The fourth-order valence-corrected chi connectivity index (χ4v) is 3.44. The number of fused-ring (bicyclic) bond motifs is 1. The molecule has 7 nitrogen and oxygen atoms in total. The fraction of sp³-hybridized carbons (Fsp3) is 0.850. The molecule has 162 valence electrons. The van der Waals surface area contributed by atoms with E-state index in [-0.39, 0.29) is 24.0 Å². The van der Waals surface area contributed by atoms with Gasteiger partial charge in [0.25, 0.3) is 0 Å². The van der Waals surface area contributed by atoms with Gasteiger partial charge in [-0.05, 0) is 19.8 Å². The number of hydrogen-bond acceptors (Lipinski definition) is 4. The Labute approximate surface area is 187 Å². The number of hydrogen-bond donors (Lipinski definition) is 2. The molecule has 1 unspecified atom stereocenters. The Balaban J connectivity index is 0.00000392. The molecule has 0 bridgehead atoms. The van der Waals surface area contributed by atoms with E-state index in [0.717, 1.165) is 50.1 Å². The highest BCUT2D eigenvalue weighted by atomic mass is 127. The molecule has 2 N–H and O–H groups in total. The minimum atomic E-state index is 0. The van der Waals surface area contributed by atoms with Crippen molar-refractivity contribution in [3.05, 3.63) is 11.6 Å². The average Bonchev–Trinajstić information content (AvgIpc) is 3.06. The van der Waals surface area contributed by atoms with Crippen LogP contribution in [0.4, 0.5) is 0 Å². The lowest BCUT2D eigenvalue weighted by Gasteiger charge is -2.25. The summed E-state index contributed by atoms with van der Waals surface area (Å²) in [7, 11) is 1.68. The van der Waals surface area contributed by atoms with Gasteiger partial charge in [-0.1, -0.05) is 45.4 Å². The maximum atomic E-state index is 5.14. The Bertz CT molecular complexity index is 563. The van der Waals surface area contributed by atoms with Crippen molar-refractivity contribution in [1.82, 2.24) is 25.4 Å². The molecule has 8 heteroatoms. The van der Waals surface area contributed by atoms with E-state index in [4.69, 9.17) is 9.73 Å². The second-order valence-corrected chi connectivity index (χ2v) is 7.32. The summed E-state index contributed by atoms with van der Waals surface area (Å²) in [5.41, 5.74) is 0. The van der Waals surface area contributed by atoms with Crippen molar-refractivity contribution in [2.24, 2.45) is 4.99 Å². The summed E-state index contributed by atoms with van der Waals surface area (Å²) in [6.45, 7) is 7.44. The van der Waals surface area contributed by atoms with Crippen molar-refractivity contribution in [3.63, 3.8) is 0 Å². The van der Waals surface area contributed by atoms with Gasteiger partial charge in [0.15, 0.2) is 11.8 Å². The Morgan fingerprint density at radius 3 is 2.64 bits per heavy atom. The number of ether oxygens (including phenoxy) is 1. The summed E-state index contributed by atoms with van der Waals surface area (Å²) in [5, 5.41) is 11.5. The summed E-state index contributed by atoms with van der Waals surface area (Å²) in [6, 6.07) is 0.335. The number of nitrogens with one attached hydrogen (secondary N) is 2. The third kappa shape index (κ3) is 9.07. The van der Waals surface area contributed by atoms with Crippen LogP contribution in [0, 0.1) is 0 Å². The van der Waals surface area contributed by atoms with Crippen LogP contribution in [0.1, 0.15) is 76.9 Å². The molecular weight excluding hydrogens is 467 g/mol. The predicted octanol–water partition coefficient (Wildman–Crippen LogP) is 3.66. The number of rotatable bonds is 12. The smallest absolute Gasteiger partial charge is 0.191 e. The first kappa shape index (κ1) is 25.1. The molecule has 1 aliphatic heterocycles. The van der Waals surface area contributed by atoms with Gasteiger partial charge in [0.05, 0.1) is 6.54 Å². The second-order valence-electron chi connectivity index (χ2n) is 7.32. The van der Waals surface area contributed by atoms with E-state index in [1.165, 1.54) is 44.9 Å². The number of nitrogens with zero attached hydrogens (tertiary/aromatic N) is 4. The van der Waals surface area contributed by atoms with Gasteiger partial charge in [0.2, 0.25) is 0 Å². The molecule has 0 aromatic carbocycles. The average molecular weight is 506 g/mol. The first-order chi connectivity index (χ1) is 13.3. The van der Waals surface area contributed by atoms with Gasteiger partial charge < -0.3 is 15.4 Å². The van der Waals surface area contributed by atoms with Crippen LogP contribution in [0.5, 0.6) is 0 Å². The number of halogens is 1. The van der Waals surface area contributed by atoms with Gasteiger partial charge in [-0.25, -0.2) is 9.67 Å². The largest absolute Gasteiger partial charge is 0.377 e. The number of aryl methyl sites for hydroxylation is 1. The zero-order valence-corrected chi connectivity index (χ0v) is 20.2. The van der Waals surface area contributed by atoms with E-state index in [2.05, 4.69) is 34.6 Å². The summed E-state index contributed by atoms with van der Waals surface area (Å²) in [6.07, 6.45) is 11.2. The van der Waals surface area contributed by atoms with E-state index in [1.807, 2.05) is 4.68 Å². The molecule has 28 heavy (non-hydrogen) atoms. The summed E-state index contributed by atoms with van der Waals surface area (Å²) < 4.78 is 7.15. The highest BCUT2D eigenvalue weighted by Gasteiger charge is 2.22. The van der Waals surface area contributed by atoms with Crippen molar-refractivity contribution in [2.75, 3.05) is 20.2 Å². The lowest BCUT2D eigenvalue weighted by Crippen LogP contribution is -2.47.